The molecule has 108 valence electrons. The Hall–Kier alpha value is -0.940. The summed E-state index contributed by atoms with van der Waals surface area (Å²) < 4.78 is 2.16. The molecule has 0 unspecified atom stereocenters. The van der Waals surface area contributed by atoms with Crippen molar-refractivity contribution < 1.29 is 0 Å². The number of rotatable bonds is 9. The molecule has 1 aliphatic heterocycles. The molecule has 0 saturated heterocycles. The second kappa shape index (κ2) is 8.27. The van der Waals surface area contributed by atoms with Crippen LogP contribution in [0.5, 0.6) is 0 Å². The molecule has 5 nitrogen and oxygen atoms in total. The van der Waals surface area contributed by atoms with Gasteiger partial charge in [-0.2, -0.15) is 0 Å². The minimum atomic E-state index is 0.970. The normalized spacial score (nSPS) is 15.6. The lowest BCUT2D eigenvalue weighted by Gasteiger charge is -2.26. The number of unbranched alkanes of at least 4 members (excludes halogenated alkanes) is 3. The lowest BCUT2D eigenvalue weighted by molar-refractivity contribution is 0.212. The van der Waals surface area contributed by atoms with Crippen molar-refractivity contribution in [3.8, 4) is 0 Å². The molecule has 2 rings (SSSR count). The quantitative estimate of drug-likeness (QED) is 0.690. The highest BCUT2D eigenvalue weighted by molar-refractivity contribution is 4.89. The lowest BCUT2D eigenvalue weighted by Crippen LogP contribution is -2.34. The number of hydrogen-bond acceptors (Lipinski definition) is 4. The van der Waals surface area contributed by atoms with Crippen molar-refractivity contribution in [3.05, 3.63) is 12.2 Å². The van der Waals surface area contributed by atoms with Gasteiger partial charge in [0.15, 0.2) is 0 Å². The van der Waals surface area contributed by atoms with Gasteiger partial charge in [-0.1, -0.05) is 19.8 Å². The molecule has 5 heteroatoms. The van der Waals surface area contributed by atoms with Gasteiger partial charge in [0.2, 0.25) is 0 Å². The van der Waals surface area contributed by atoms with Crippen molar-refractivity contribution in [3.63, 3.8) is 0 Å². The van der Waals surface area contributed by atoms with E-state index >= 15 is 0 Å². The number of nitrogens with one attached hydrogen (secondary N) is 1. The molecule has 0 atom stereocenters. The molecular formula is C14H27N5. The average Bonchev–Trinajstić information content (AvgIpc) is 2.89. The molecule has 1 aliphatic rings. The smallest absolute Gasteiger partial charge is 0.147 e. The van der Waals surface area contributed by atoms with Gasteiger partial charge < -0.3 is 9.88 Å². The summed E-state index contributed by atoms with van der Waals surface area (Å²) in [5, 5.41) is 11.6. The van der Waals surface area contributed by atoms with E-state index in [0.29, 0.717) is 0 Å². The molecule has 0 aliphatic carbocycles. The van der Waals surface area contributed by atoms with Crippen LogP contribution in [0.1, 0.15) is 44.9 Å². The topological polar surface area (TPSA) is 46.0 Å². The predicted octanol–water partition coefficient (Wildman–Crippen LogP) is 1.65. The van der Waals surface area contributed by atoms with Crippen LogP contribution in [0, 0.1) is 0 Å². The van der Waals surface area contributed by atoms with Crippen molar-refractivity contribution in [2.75, 3.05) is 26.2 Å². The molecule has 1 aromatic rings. The zero-order valence-electron chi connectivity index (χ0n) is 12.1. The van der Waals surface area contributed by atoms with Crippen LogP contribution in [0.4, 0.5) is 0 Å². The molecule has 0 fully saturated rings. The second-order valence-electron chi connectivity index (χ2n) is 5.38. The van der Waals surface area contributed by atoms with Gasteiger partial charge in [-0.05, 0) is 38.9 Å². The summed E-state index contributed by atoms with van der Waals surface area (Å²) in [4.78, 5) is 2.50. The van der Waals surface area contributed by atoms with E-state index in [2.05, 4.69) is 31.9 Å². The molecule has 1 aromatic heterocycles. The molecule has 1 N–H and O–H groups in total. The summed E-state index contributed by atoms with van der Waals surface area (Å²) >= 11 is 0. The summed E-state index contributed by atoms with van der Waals surface area (Å²) in [6.45, 7) is 8.92. The fourth-order valence-corrected chi connectivity index (χ4v) is 2.55. The SMILES string of the molecule is CCCNCCCCCCN1CCn2cnnc2C1. The van der Waals surface area contributed by atoms with Crippen LogP contribution in [0.3, 0.4) is 0 Å². The Morgan fingerprint density at radius 1 is 1.16 bits per heavy atom. The van der Waals surface area contributed by atoms with Gasteiger partial charge in [0.25, 0.3) is 0 Å². The van der Waals surface area contributed by atoms with Crippen LogP contribution < -0.4 is 5.32 Å². The third-order valence-electron chi connectivity index (χ3n) is 3.72. The fourth-order valence-electron chi connectivity index (χ4n) is 2.55. The van der Waals surface area contributed by atoms with Crippen molar-refractivity contribution in [2.24, 2.45) is 0 Å². The van der Waals surface area contributed by atoms with Gasteiger partial charge in [0.05, 0.1) is 6.54 Å². The van der Waals surface area contributed by atoms with E-state index in [9.17, 15) is 0 Å². The summed E-state index contributed by atoms with van der Waals surface area (Å²) in [6, 6.07) is 0. The first kappa shape index (κ1) is 14.5. The third kappa shape index (κ3) is 4.91. The van der Waals surface area contributed by atoms with Gasteiger partial charge in [0.1, 0.15) is 12.2 Å². The summed E-state index contributed by atoms with van der Waals surface area (Å²) in [7, 11) is 0. The minimum Gasteiger partial charge on any atom is -0.317 e. The Kier molecular flexibility index (Phi) is 6.30. The van der Waals surface area contributed by atoms with Gasteiger partial charge in [-0.25, -0.2) is 0 Å². The Balaban J connectivity index is 1.48. The molecule has 0 amide bonds. The van der Waals surface area contributed by atoms with E-state index in [0.717, 1.165) is 32.0 Å². The van der Waals surface area contributed by atoms with Crippen molar-refractivity contribution in [1.82, 2.24) is 25.0 Å². The van der Waals surface area contributed by atoms with E-state index in [-0.39, 0.29) is 0 Å². The van der Waals surface area contributed by atoms with Crippen LogP contribution in [0.2, 0.25) is 0 Å². The Labute approximate surface area is 116 Å². The zero-order chi connectivity index (χ0) is 13.3. The number of nitrogens with zero attached hydrogens (tertiary/aromatic N) is 4. The number of hydrogen-bond donors (Lipinski definition) is 1. The number of aromatic nitrogens is 3. The largest absolute Gasteiger partial charge is 0.317 e. The van der Waals surface area contributed by atoms with Gasteiger partial charge in [0, 0.05) is 13.1 Å². The average molecular weight is 265 g/mol. The lowest BCUT2D eigenvalue weighted by atomic mass is 10.2. The highest BCUT2D eigenvalue weighted by Crippen LogP contribution is 2.10. The van der Waals surface area contributed by atoms with Gasteiger partial charge >= 0.3 is 0 Å². The fraction of sp³-hybridized carbons (Fsp3) is 0.857. The zero-order valence-corrected chi connectivity index (χ0v) is 12.1. The maximum atomic E-state index is 4.16. The van der Waals surface area contributed by atoms with Crippen LogP contribution in [-0.2, 0) is 13.1 Å². The number of fused-ring (bicyclic) bond motifs is 1. The van der Waals surface area contributed by atoms with Crippen LogP contribution >= 0.6 is 0 Å². The molecular weight excluding hydrogens is 238 g/mol. The molecule has 0 radical (unpaired) electrons. The van der Waals surface area contributed by atoms with Gasteiger partial charge in [-0.15, -0.1) is 10.2 Å². The minimum absolute atomic E-state index is 0.970. The molecule has 0 aromatic carbocycles. The Morgan fingerprint density at radius 2 is 2.05 bits per heavy atom. The van der Waals surface area contributed by atoms with Gasteiger partial charge in [-0.3, -0.25) is 4.90 Å². The standard InChI is InChI=1S/C14H27N5/c1-2-7-15-8-5-3-4-6-9-18-10-11-19-13-16-17-14(19)12-18/h13,15H,2-12H2,1H3. The van der Waals surface area contributed by atoms with E-state index in [1.165, 1.54) is 45.2 Å². The Bertz CT molecular complexity index is 349. The summed E-state index contributed by atoms with van der Waals surface area (Å²) in [5.41, 5.74) is 0. The van der Waals surface area contributed by atoms with E-state index in [4.69, 9.17) is 0 Å². The van der Waals surface area contributed by atoms with Crippen molar-refractivity contribution in [2.45, 2.75) is 52.1 Å². The second-order valence-corrected chi connectivity index (χ2v) is 5.38. The maximum Gasteiger partial charge on any atom is 0.147 e. The first-order valence-electron chi connectivity index (χ1n) is 7.70. The summed E-state index contributed by atoms with van der Waals surface area (Å²) in [5.74, 6) is 1.12. The molecule has 0 spiro atoms. The predicted molar refractivity (Wildman–Crippen MR) is 76.9 cm³/mol. The molecule has 0 bridgehead atoms. The van der Waals surface area contributed by atoms with E-state index in [1.807, 2.05) is 6.33 Å². The van der Waals surface area contributed by atoms with Crippen molar-refractivity contribution >= 4 is 0 Å². The van der Waals surface area contributed by atoms with Crippen LogP contribution in [-0.4, -0.2) is 45.8 Å². The summed E-state index contributed by atoms with van der Waals surface area (Å²) in [6.07, 6.45) is 8.39. The maximum absolute atomic E-state index is 4.16. The van der Waals surface area contributed by atoms with E-state index < -0.39 is 0 Å². The highest BCUT2D eigenvalue weighted by atomic mass is 15.3. The molecule has 2 heterocycles. The van der Waals surface area contributed by atoms with Crippen molar-refractivity contribution in [1.29, 1.82) is 0 Å². The molecule has 19 heavy (non-hydrogen) atoms. The third-order valence-corrected chi connectivity index (χ3v) is 3.72. The first-order valence-corrected chi connectivity index (χ1v) is 7.70. The highest BCUT2D eigenvalue weighted by Gasteiger charge is 2.16. The first-order chi connectivity index (χ1) is 9.40. The van der Waals surface area contributed by atoms with E-state index in [1.54, 1.807) is 0 Å². The molecule has 0 saturated carbocycles. The van der Waals surface area contributed by atoms with Crippen LogP contribution in [0.25, 0.3) is 0 Å². The monoisotopic (exact) mass is 265 g/mol. The Morgan fingerprint density at radius 3 is 2.95 bits per heavy atom. The van der Waals surface area contributed by atoms with Crippen LogP contribution in [0.15, 0.2) is 6.33 Å².